The van der Waals surface area contributed by atoms with Crippen LogP contribution in [0.3, 0.4) is 0 Å². The molecule has 8 nitrogen and oxygen atoms in total. The summed E-state index contributed by atoms with van der Waals surface area (Å²) in [6.07, 6.45) is 4.16. The smallest absolute Gasteiger partial charge is 0.225 e. The van der Waals surface area contributed by atoms with Gasteiger partial charge in [0.2, 0.25) is 11.8 Å². The zero-order chi connectivity index (χ0) is 17.8. The molecule has 25 heavy (non-hydrogen) atoms. The Hall–Kier alpha value is -1.93. The summed E-state index contributed by atoms with van der Waals surface area (Å²) in [7, 11) is 3.95. The van der Waals surface area contributed by atoms with Crippen molar-refractivity contribution in [3.05, 3.63) is 18.0 Å². The van der Waals surface area contributed by atoms with Crippen molar-refractivity contribution in [2.75, 3.05) is 52.9 Å². The van der Waals surface area contributed by atoms with Crippen molar-refractivity contribution in [2.45, 2.75) is 12.3 Å². The highest BCUT2D eigenvalue weighted by atomic mass is 16.2. The van der Waals surface area contributed by atoms with Crippen molar-refractivity contribution < 1.29 is 9.59 Å². The maximum Gasteiger partial charge on any atom is 0.225 e. The molecular weight excluding hydrogens is 320 g/mol. The summed E-state index contributed by atoms with van der Waals surface area (Å²) < 4.78 is 1.76. The summed E-state index contributed by atoms with van der Waals surface area (Å²) in [5.41, 5.74) is 1.08. The first-order valence-electron chi connectivity index (χ1n) is 8.98. The van der Waals surface area contributed by atoms with Crippen molar-refractivity contribution in [1.29, 1.82) is 0 Å². The average Bonchev–Trinajstić information content (AvgIpc) is 3.23. The van der Waals surface area contributed by atoms with Crippen LogP contribution in [-0.4, -0.2) is 84.3 Å². The number of likely N-dealkylation sites (N-methyl/N-ethyl adjacent to an activating group) is 1. The molecule has 2 fully saturated rings. The van der Waals surface area contributed by atoms with Crippen LogP contribution in [-0.2, 0) is 16.6 Å². The number of amides is 2. The molecule has 3 rings (SSSR count). The number of hydrogen-bond donors (Lipinski definition) is 2. The fourth-order valence-corrected chi connectivity index (χ4v) is 3.57. The van der Waals surface area contributed by atoms with Crippen molar-refractivity contribution in [2.24, 2.45) is 13.0 Å². The summed E-state index contributed by atoms with van der Waals surface area (Å²) in [5.74, 6) is 0.178. The number of aryl methyl sites for hydroxylation is 1. The van der Waals surface area contributed by atoms with E-state index in [1.807, 2.05) is 24.3 Å². The van der Waals surface area contributed by atoms with E-state index in [2.05, 4.69) is 27.7 Å². The van der Waals surface area contributed by atoms with E-state index in [-0.39, 0.29) is 23.7 Å². The third kappa shape index (κ3) is 4.38. The van der Waals surface area contributed by atoms with Gasteiger partial charge in [-0.3, -0.25) is 14.3 Å². The van der Waals surface area contributed by atoms with Crippen LogP contribution < -0.4 is 10.6 Å². The molecule has 2 atom stereocenters. The summed E-state index contributed by atoms with van der Waals surface area (Å²) in [5, 5.41) is 10.4. The lowest BCUT2D eigenvalue weighted by Gasteiger charge is -2.32. The number of rotatable bonds is 5. The molecule has 0 radical (unpaired) electrons. The normalized spacial score (nSPS) is 24.5. The first kappa shape index (κ1) is 17.9. The van der Waals surface area contributed by atoms with Gasteiger partial charge in [0, 0.05) is 71.4 Å². The monoisotopic (exact) mass is 348 g/mol. The van der Waals surface area contributed by atoms with E-state index in [1.165, 1.54) is 0 Å². The first-order chi connectivity index (χ1) is 12.0. The Morgan fingerprint density at radius 2 is 2.00 bits per heavy atom. The first-order valence-corrected chi connectivity index (χ1v) is 8.98. The highest BCUT2D eigenvalue weighted by molar-refractivity contribution is 5.82. The molecule has 1 aromatic rings. The third-order valence-electron chi connectivity index (χ3n) is 5.20. The summed E-state index contributed by atoms with van der Waals surface area (Å²) in [6, 6.07) is 0. The lowest BCUT2D eigenvalue weighted by Crippen LogP contribution is -2.47. The molecule has 1 aromatic heterocycles. The Balaban J connectivity index is 1.45. The zero-order valence-corrected chi connectivity index (χ0v) is 15.1. The highest BCUT2D eigenvalue weighted by Crippen LogP contribution is 2.27. The van der Waals surface area contributed by atoms with E-state index in [0.717, 1.165) is 38.3 Å². The number of nitrogens with zero attached hydrogens (tertiary/aromatic N) is 4. The molecule has 2 amide bonds. The molecule has 0 aliphatic carbocycles. The Bertz CT molecular complexity index is 608. The zero-order valence-electron chi connectivity index (χ0n) is 15.1. The van der Waals surface area contributed by atoms with E-state index >= 15 is 0 Å². The molecule has 0 bridgehead atoms. The predicted octanol–water partition coefficient (Wildman–Crippen LogP) is -0.997. The fraction of sp³-hybridized carbons (Fsp3) is 0.706. The van der Waals surface area contributed by atoms with E-state index in [1.54, 1.807) is 4.68 Å². The van der Waals surface area contributed by atoms with Gasteiger partial charge in [0.05, 0.1) is 12.1 Å². The van der Waals surface area contributed by atoms with Crippen LogP contribution in [0.4, 0.5) is 0 Å². The number of piperazine rings is 1. The second kappa shape index (κ2) is 7.97. The molecular formula is C17H28N6O2. The molecule has 0 aromatic carbocycles. The molecule has 2 saturated heterocycles. The van der Waals surface area contributed by atoms with Crippen molar-refractivity contribution in [3.8, 4) is 0 Å². The minimum atomic E-state index is -0.108. The van der Waals surface area contributed by atoms with Gasteiger partial charge in [0.25, 0.3) is 0 Å². The second-order valence-corrected chi connectivity index (χ2v) is 7.04. The predicted molar refractivity (Wildman–Crippen MR) is 94.0 cm³/mol. The molecule has 2 N–H and O–H groups in total. The van der Waals surface area contributed by atoms with Crippen LogP contribution in [0.2, 0.25) is 0 Å². The van der Waals surface area contributed by atoms with Gasteiger partial charge < -0.3 is 20.4 Å². The standard InChI is InChI=1S/C17H28N6O2/c1-21-5-7-23(8-6-21)16(24)3-4-19-17(25)15-11-18-10-14(15)13-9-20-22(2)12-13/h9,12,14-15,18H,3-8,10-11H2,1-2H3,(H,19,25)/t14-,15+/m1/s1. The molecule has 138 valence electrons. The molecule has 0 saturated carbocycles. The number of hydrogen-bond acceptors (Lipinski definition) is 5. The van der Waals surface area contributed by atoms with Gasteiger partial charge in [-0.25, -0.2) is 0 Å². The minimum absolute atomic E-state index is 0.0185. The van der Waals surface area contributed by atoms with Crippen LogP contribution >= 0.6 is 0 Å². The minimum Gasteiger partial charge on any atom is -0.355 e. The van der Waals surface area contributed by atoms with E-state index in [4.69, 9.17) is 0 Å². The van der Waals surface area contributed by atoms with Crippen LogP contribution in [0.1, 0.15) is 17.9 Å². The maximum atomic E-state index is 12.5. The molecule has 0 spiro atoms. The highest BCUT2D eigenvalue weighted by Gasteiger charge is 2.34. The Kier molecular flexibility index (Phi) is 5.70. The van der Waals surface area contributed by atoms with Crippen LogP contribution in [0, 0.1) is 5.92 Å². The van der Waals surface area contributed by atoms with Gasteiger partial charge in [-0.1, -0.05) is 0 Å². The van der Waals surface area contributed by atoms with Crippen LogP contribution in [0.15, 0.2) is 12.4 Å². The van der Waals surface area contributed by atoms with Crippen molar-refractivity contribution >= 4 is 11.8 Å². The number of nitrogens with one attached hydrogen (secondary N) is 2. The van der Waals surface area contributed by atoms with Crippen LogP contribution in [0.25, 0.3) is 0 Å². The van der Waals surface area contributed by atoms with Crippen LogP contribution in [0.5, 0.6) is 0 Å². The maximum absolute atomic E-state index is 12.5. The largest absolute Gasteiger partial charge is 0.355 e. The summed E-state index contributed by atoms with van der Waals surface area (Å²) in [6.45, 7) is 5.23. The van der Waals surface area contributed by atoms with Gasteiger partial charge >= 0.3 is 0 Å². The Morgan fingerprint density at radius 1 is 1.24 bits per heavy atom. The van der Waals surface area contributed by atoms with Gasteiger partial charge in [-0.2, -0.15) is 5.10 Å². The molecule has 3 heterocycles. The molecule has 2 aliphatic heterocycles. The van der Waals surface area contributed by atoms with Gasteiger partial charge in [-0.05, 0) is 12.6 Å². The topological polar surface area (TPSA) is 82.5 Å². The average molecular weight is 348 g/mol. The lowest BCUT2D eigenvalue weighted by molar-refractivity contribution is -0.132. The van der Waals surface area contributed by atoms with Gasteiger partial charge in [-0.15, -0.1) is 0 Å². The Labute approximate surface area is 148 Å². The second-order valence-electron chi connectivity index (χ2n) is 7.04. The summed E-state index contributed by atoms with van der Waals surface area (Å²) in [4.78, 5) is 28.9. The van der Waals surface area contributed by atoms with E-state index in [9.17, 15) is 9.59 Å². The third-order valence-corrected chi connectivity index (χ3v) is 5.20. The quantitative estimate of drug-likeness (QED) is 0.714. The number of carbonyl (C=O) groups is 2. The number of aromatic nitrogens is 2. The summed E-state index contributed by atoms with van der Waals surface area (Å²) >= 11 is 0. The molecule has 2 aliphatic rings. The van der Waals surface area contributed by atoms with E-state index < -0.39 is 0 Å². The fourth-order valence-electron chi connectivity index (χ4n) is 3.57. The van der Waals surface area contributed by atoms with Crippen molar-refractivity contribution in [1.82, 2.24) is 30.2 Å². The molecule has 0 unspecified atom stereocenters. The molecule has 8 heteroatoms. The SMILES string of the molecule is CN1CCN(C(=O)CCNC(=O)[C@H]2CNC[C@@H]2c2cnn(C)c2)CC1. The number of carbonyl (C=O) groups excluding carboxylic acids is 2. The van der Waals surface area contributed by atoms with Gasteiger partial charge in [0.1, 0.15) is 0 Å². The van der Waals surface area contributed by atoms with Gasteiger partial charge in [0.15, 0.2) is 0 Å². The lowest BCUT2D eigenvalue weighted by atomic mass is 9.90. The Morgan fingerprint density at radius 3 is 2.68 bits per heavy atom. The van der Waals surface area contributed by atoms with E-state index in [0.29, 0.717) is 19.5 Å². The van der Waals surface area contributed by atoms with Crippen molar-refractivity contribution in [3.63, 3.8) is 0 Å².